The molecule has 9 nitrogen and oxygen atoms in total. The van der Waals surface area contributed by atoms with E-state index in [1.165, 1.54) is 19.3 Å². The summed E-state index contributed by atoms with van der Waals surface area (Å²) in [5, 5.41) is -0.00714. The van der Waals surface area contributed by atoms with Gasteiger partial charge in [0.05, 0.1) is 22.8 Å². The van der Waals surface area contributed by atoms with Gasteiger partial charge in [0.1, 0.15) is 5.82 Å². The molecular weight excluding hydrogens is 441 g/mol. The van der Waals surface area contributed by atoms with E-state index >= 15 is 0 Å². The molecule has 0 radical (unpaired) electrons. The average molecular weight is 466 g/mol. The van der Waals surface area contributed by atoms with Crippen LogP contribution in [0.5, 0.6) is 0 Å². The van der Waals surface area contributed by atoms with Gasteiger partial charge >= 0.3 is 0 Å². The van der Waals surface area contributed by atoms with E-state index in [1.54, 1.807) is 0 Å². The molecule has 0 spiro atoms. The van der Waals surface area contributed by atoms with Crippen molar-refractivity contribution in [2.75, 3.05) is 12.9 Å². The number of fused-ring (bicyclic) bond motifs is 1. The molecule has 1 saturated heterocycles. The van der Waals surface area contributed by atoms with E-state index in [0.717, 1.165) is 29.7 Å². The van der Waals surface area contributed by atoms with Crippen molar-refractivity contribution in [1.29, 1.82) is 0 Å². The number of hydrogen-bond acceptors (Lipinski definition) is 7. The number of benzene rings is 1. The summed E-state index contributed by atoms with van der Waals surface area (Å²) in [5.74, 6) is 0.564. The number of nitrogens with zero attached hydrogens (tertiary/aromatic N) is 2. The van der Waals surface area contributed by atoms with Crippen LogP contribution in [0.2, 0.25) is 0 Å². The number of carbonyl (C=O) groups excluding carboxylic acids is 1. The molecule has 1 aromatic carbocycles. The Balaban J connectivity index is 1.81. The Morgan fingerprint density at radius 1 is 1.47 bits per heavy atom. The largest absolute Gasteiger partial charge is 0.350 e. The first-order valence-electron chi connectivity index (χ1n) is 9.99. The first-order chi connectivity index (χ1) is 15.1. The molecule has 1 unspecified atom stereocenters. The Bertz CT molecular complexity index is 1230. The quantitative estimate of drug-likeness (QED) is 0.484. The molecule has 2 aromatic rings. The van der Waals surface area contributed by atoms with Crippen LogP contribution in [0.15, 0.2) is 23.3 Å². The summed E-state index contributed by atoms with van der Waals surface area (Å²) in [6.07, 6.45) is 8.80. The maximum atomic E-state index is 14.0. The number of aryl methyl sites for hydroxylation is 1. The minimum absolute atomic E-state index is 0.00714. The van der Waals surface area contributed by atoms with Crippen LogP contribution in [-0.2, 0) is 30.8 Å². The summed E-state index contributed by atoms with van der Waals surface area (Å²) in [6.45, 7) is 1.59. The fourth-order valence-electron chi connectivity index (χ4n) is 3.28. The van der Waals surface area contributed by atoms with Gasteiger partial charge in [-0.15, -0.1) is 6.42 Å². The van der Waals surface area contributed by atoms with Gasteiger partial charge in [-0.1, -0.05) is 5.92 Å². The fraction of sp³-hybridized carbons (Fsp3) is 0.476. The molecule has 1 amide bonds. The van der Waals surface area contributed by atoms with Gasteiger partial charge in [0, 0.05) is 25.8 Å². The van der Waals surface area contributed by atoms with Crippen LogP contribution in [0.25, 0.3) is 10.9 Å². The highest BCUT2D eigenvalue weighted by Crippen LogP contribution is 2.23. The van der Waals surface area contributed by atoms with Gasteiger partial charge in [-0.3, -0.25) is 14.2 Å². The molecule has 1 aliphatic heterocycles. The zero-order chi connectivity index (χ0) is 23.5. The number of carbonyl (C=O) groups is 1. The Kier molecular flexibility index (Phi) is 6.97. The number of hydrogen-bond donors (Lipinski definition) is 1. The van der Waals surface area contributed by atoms with Gasteiger partial charge < -0.3 is 4.74 Å². The van der Waals surface area contributed by atoms with Gasteiger partial charge in [-0.05, 0) is 38.3 Å². The molecule has 3 rings (SSSR count). The zero-order valence-corrected chi connectivity index (χ0v) is 18.6. The number of hydroxylamine groups is 1. The van der Waals surface area contributed by atoms with Crippen molar-refractivity contribution in [2.45, 2.75) is 50.2 Å². The van der Waals surface area contributed by atoms with E-state index in [2.05, 4.69) is 16.4 Å². The van der Waals surface area contributed by atoms with E-state index < -0.39 is 38.2 Å². The van der Waals surface area contributed by atoms with Crippen molar-refractivity contribution in [1.82, 2.24) is 15.0 Å². The Hall–Kier alpha value is -2.81. The molecule has 1 fully saturated rings. The second-order valence-corrected chi connectivity index (χ2v) is 10.3. The number of nitrogens with one attached hydrogen (secondary N) is 1. The number of ether oxygens (including phenoxy) is 1. The molecule has 1 aliphatic rings. The molecule has 0 aliphatic carbocycles. The molecule has 2 heterocycles. The predicted octanol–water partition coefficient (Wildman–Crippen LogP) is 1.28. The number of amides is 1. The minimum atomic E-state index is -3.91. The van der Waals surface area contributed by atoms with Crippen molar-refractivity contribution >= 4 is 26.6 Å². The third-order valence-corrected chi connectivity index (χ3v) is 7.64. The standard InChI is InChI=1S/C21H24FN3O6S/c1-4-14-11-17-15(12-16(14)22)19(26)25(13-23-17)9-8-21(2,32(3,28)29)20(27)24-31-18-7-5-6-10-30-18/h1,11-13,18H,5-10H2,2-3H3,(H,24,27)/t18?,21-/m1/s1. The molecule has 1 aromatic heterocycles. The third-order valence-electron chi connectivity index (χ3n) is 5.62. The highest BCUT2D eigenvalue weighted by Gasteiger charge is 2.44. The Labute approximate surface area is 184 Å². The molecule has 11 heteroatoms. The monoisotopic (exact) mass is 465 g/mol. The van der Waals surface area contributed by atoms with Crippen LogP contribution in [0.3, 0.4) is 0 Å². The zero-order valence-electron chi connectivity index (χ0n) is 17.8. The van der Waals surface area contributed by atoms with Gasteiger partial charge in [0.25, 0.3) is 11.5 Å². The summed E-state index contributed by atoms with van der Waals surface area (Å²) >= 11 is 0. The molecule has 172 valence electrons. The molecule has 1 N–H and O–H groups in total. The SMILES string of the molecule is C#Cc1cc2ncn(CC[C@](C)(C(=O)NOC3CCCCO3)S(C)(=O)=O)c(=O)c2cc1F. The number of sulfone groups is 1. The van der Waals surface area contributed by atoms with Crippen LogP contribution in [0, 0.1) is 18.2 Å². The molecular formula is C21H24FN3O6S. The average Bonchev–Trinajstić information content (AvgIpc) is 2.76. The number of halogens is 1. The summed E-state index contributed by atoms with van der Waals surface area (Å²) in [4.78, 5) is 34.8. The Morgan fingerprint density at radius 3 is 2.84 bits per heavy atom. The topological polar surface area (TPSA) is 117 Å². The second kappa shape index (κ2) is 9.36. The van der Waals surface area contributed by atoms with Crippen molar-refractivity contribution in [3.63, 3.8) is 0 Å². The van der Waals surface area contributed by atoms with Gasteiger partial charge in [0.2, 0.25) is 0 Å². The Morgan fingerprint density at radius 2 is 2.22 bits per heavy atom. The van der Waals surface area contributed by atoms with E-state index in [9.17, 15) is 22.4 Å². The third kappa shape index (κ3) is 4.82. The van der Waals surface area contributed by atoms with Gasteiger partial charge in [-0.2, -0.15) is 0 Å². The summed E-state index contributed by atoms with van der Waals surface area (Å²) < 4.78 is 43.5. The lowest BCUT2D eigenvalue weighted by Crippen LogP contribution is -2.51. The number of rotatable bonds is 7. The molecule has 32 heavy (non-hydrogen) atoms. The lowest BCUT2D eigenvalue weighted by molar-refractivity contribution is -0.201. The van der Waals surface area contributed by atoms with Crippen LogP contribution in [-0.4, -0.2) is 47.8 Å². The van der Waals surface area contributed by atoms with Crippen molar-refractivity contribution < 1.29 is 27.2 Å². The van der Waals surface area contributed by atoms with Crippen LogP contribution >= 0.6 is 0 Å². The summed E-state index contributed by atoms with van der Waals surface area (Å²) in [6, 6.07) is 2.28. The van der Waals surface area contributed by atoms with Gasteiger partial charge in [-0.25, -0.2) is 28.1 Å². The first kappa shape index (κ1) is 23.8. The van der Waals surface area contributed by atoms with Crippen molar-refractivity contribution in [3.05, 3.63) is 40.2 Å². The van der Waals surface area contributed by atoms with Crippen molar-refractivity contribution in [3.8, 4) is 12.3 Å². The lowest BCUT2D eigenvalue weighted by atomic mass is 10.1. The highest BCUT2D eigenvalue weighted by atomic mass is 32.2. The lowest BCUT2D eigenvalue weighted by Gasteiger charge is -2.28. The maximum absolute atomic E-state index is 14.0. The molecule has 0 saturated carbocycles. The van der Waals surface area contributed by atoms with Gasteiger partial charge in [0.15, 0.2) is 20.9 Å². The first-order valence-corrected chi connectivity index (χ1v) is 11.9. The fourth-order valence-corrected chi connectivity index (χ4v) is 4.12. The van der Waals surface area contributed by atoms with E-state index in [-0.39, 0.29) is 29.4 Å². The summed E-state index contributed by atoms with van der Waals surface area (Å²) in [7, 11) is -3.91. The van der Waals surface area contributed by atoms with Crippen LogP contribution in [0.4, 0.5) is 4.39 Å². The number of terminal acetylenes is 1. The van der Waals surface area contributed by atoms with E-state index in [0.29, 0.717) is 13.0 Å². The van der Waals surface area contributed by atoms with E-state index in [4.69, 9.17) is 16.0 Å². The normalized spacial score (nSPS) is 18.6. The highest BCUT2D eigenvalue weighted by molar-refractivity contribution is 7.92. The van der Waals surface area contributed by atoms with E-state index in [1.807, 2.05) is 0 Å². The maximum Gasteiger partial charge on any atom is 0.264 e. The number of aromatic nitrogens is 2. The van der Waals surface area contributed by atoms with Crippen LogP contribution in [0.1, 0.15) is 38.2 Å². The van der Waals surface area contributed by atoms with Crippen LogP contribution < -0.4 is 11.0 Å². The van der Waals surface area contributed by atoms with Crippen molar-refractivity contribution in [2.24, 2.45) is 0 Å². The summed E-state index contributed by atoms with van der Waals surface area (Å²) in [5.41, 5.74) is 1.79. The predicted molar refractivity (Wildman–Crippen MR) is 115 cm³/mol. The smallest absolute Gasteiger partial charge is 0.264 e. The second-order valence-electron chi connectivity index (χ2n) is 7.83. The minimum Gasteiger partial charge on any atom is -0.350 e. The molecule has 0 bridgehead atoms. The molecule has 2 atom stereocenters.